The molecule has 8 aromatic rings. The molecule has 6 N–H and O–H groups in total. The van der Waals surface area contributed by atoms with E-state index in [9.17, 15) is 12.8 Å². The molecule has 1 aliphatic heterocycles. The molecular weight excluding hydrogens is 884 g/mol. The highest BCUT2D eigenvalue weighted by Gasteiger charge is 2.26. The van der Waals surface area contributed by atoms with Crippen molar-refractivity contribution in [2.24, 2.45) is 7.05 Å². The summed E-state index contributed by atoms with van der Waals surface area (Å²) in [5.41, 5.74) is 12.2. The molecule has 0 radical (unpaired) electrons. The lowest BCUT2D eigenvalue weighted by Crippen LogP contribution is -2.25. The Labute approximate surface area is 384 Å². The summed E-state index contributed by atoms with van der Waals surface area (Å²) in [6.07, 6.45) is 6.56. The molecule has 1 aliphatic carbocycles. The summed E-state index contributed by atoms with van der Waals surface area (Å²) in [5.74, 6) is 2.77. The number of hydrogen-bond acceptors (Lipinski definition) is 16. The predicted molar refractivity (Wildman–Crippen MR) is 257 cm³/mol. The van der Waals surface area contributed by atoms with Crippen LogP contribution < -0.4 is 30.3 Å². The molecule has 4 aromatic carbocycles. The van der Waals surface area contributed by atoms with Crippen molar-refractivity contribution in [3.05, 3.63) is 125 Å². The second kappa shape index (κ2) is 18.5. The Morgan fingerprint density at radius 2 is 1.47 bits per heavy atom. The summed E-state index contributed by atoms with van der Waals surface area (Å²) in [6, 6.07) is 23.3. The van der Waals surface area contributed by atoms with Gasteiger partial charge in [0.15, 0.2) is 23.9 Å². The largest absolute Gasteiger partial charge is 0.342 e. The van der Waals surface area contributed by atoms with E-state index >= 15 is 0 Å². The Morgan fingerprint density at radius 1 is 0.773 bits per heavy atom. The molecule has 2 aliphatic rings. The topological polar surface area (TPSA) is 214 Å². The molecule has 66 heavy (non-hydrogen) atoms. The Bertz CT molecular complexity index is 3220. The van der Waals surface area contributed by atoms with Gasteiger partial charge in [-0.1, -0.05) is 6.07 Å². The van der Waals surface area contributed by atoms with Crippen molar-refractivity contribution in [1.82, 2.24) is 44.2 Å². The molecule has 10 rings (SSSR count). The van der Waals surface area contributed by atoms with Crippen LogP contribution in [0.2, 0.25) is 0 Å². The number of sulfonamides is 1. The highest BCUT2D eigenvalue weighted by molar-refractivity contribution is 7.96. The number of H-pyrrole nitrogens is 1. The van der Waals surface area contributed by atoms with Gasteiger partial charge in [0, 0.05) is 54.1 Å². The molecule has 0 saturated heterocycles. The Morgan fingerprint density at radius 3 is 2.27 bits per heavy atom. The van der Waals surface area contributed by atoms with Gasteiger partial charge in [-0.05, 0) is 123 Å². The molecule has 0 amide bonds. The van der Waals surface area contributed by atoms with Gasteiger partial charge < -0.3 is 30.8 Å². The van der Waals surface area contributed by atoms with Gasteiger partial charge in [-0.25, -0.2) is 42.4 Å². The lowest BCUT2D eigenvalue weighted by Gasteiger charge is -2.15. The summed E-state index contributed by atoms with van der Waals surface area (Å²) in [6.45, 7) is 6.61. The maximum absolute atomic E-state index is 14.4. The normalized spacial score (nSPS) is 14.2. The van der Waals surface area contributed by atoms with Crippen LogP contribution in [-0.2, 0) is 39.1 Å². The summed E-state index contributed by atoms with van der Waals surface area (Å²) in [5, 5.41) is 12.8. The number of aryl methyl sites for hydroxylation is 5. The van der Waals surface area contributed by atoms with Crippen LogP contribution in [0.5, 0.6) is 0 Å². The summed E-state index contributed by atoms with van der Waals surface area (Å²) in [4.78, 5) is 34.3. The molecule has 0 saturated carbocycles. The van der Waals surface area contributed by atoms with Gasteiger partial charge in [-0.15, -0.1) is 4.33 Å². The summed E-state index contributed by atoms with van der Waals surface area (Å²) in [7, 11) is 0.178. The average Bonchev–Trinajstić information content (AvgIpc) is 4.05. The van der Waals surface area contributed by atoms with E-state index in [1.807, 2.05) is 105 Å². The van der Waals surface area contributed by atoms with Crippen molar-refractivity contribution in [2.75, 3.05) is 45.5 Å². The van der Waals surface area contributed by atoms with Gasteiger partial charge in [0.25, 0.3) is 0 Å². The zero-order valence-corrected chi connectivity index (χ0v) is 38.5. The minimum atomic E-state index is -3.28. The zero-order chi connectivity index (χ0) is 46.1. The van der Waals surface area contributed by atoms with E-state index in [0.29, 0.717) is 11.8 Å². The summed E-state index contributed by atoms with van der Waals surface area (Å²) >= 11 is 1.14. The van der Waals surface area contributed by atoms with Gasteiger partial charge in [0.2, 0.25) is 21.9 Å². The molecule has 1 atom stereocenters. The minimum Gasteiger partial charge on any atom is -0.342 e. The predicted octanol–water partition coefficient (Wildman–Crippen LogP) is 8.80. The van der Waals surface area contributed by atoms with Gasteiger partial charge in [0.05, 0.1) is 47.3 Å². The van der Waals surface area contributed by atoms with Crippen molar-refractivity contribution in [3.8, 4) is 0 Å². The number of benzene rings is 4. The molecule has 0 fully saturated rings. The molecule has 18 nitrogen and oxygen atoms in total. The number of nitrogens with one attached hydrogen (secondary N) is 6. The van der Waals surface area contributed by atoms with Crippen LogP contribution in [0.25, 0.3) is 22.1 Å². The van der Waals surface area contributed by atoms with Crippen LogP contribution >= 0.6 is 12.2 Å². The Kier molecular flexibility index (Phi) is 12.4. The SMILES string of the molecule is COOSN1CCc2cc(Nc3nc(Nc4ccc5nc(C)[nH]c5c4)ncc3F)ccc21.Cc1cnc(Nc2ccc3c(c2)nc(C)n3C)nc1Nc1ccc2c(c1)C(NS(C)(=O)=O)CC2. The first-order valence-electron chi connectivity index (χ1n) is 21.0. The number of aromatic amines is 1. The highest BCUT2D eigenvalue weighted by atomic mass is 32.2. The number of fused-ring (bicyclic) bond motifs is 4. The monoisotopic (exact) mass is 930 g/mol. The first-order valence-corrected chi connectivity index (χ1v) is 23.6. The molecular formula is C45H47FN14O4S2. The number of hydrogen-bond donors (Lipinski definition) is 6. The van der Waals surface area contributed by atoms with Crippen LogP contribution in [0, 0.1) is 26.6 Å². The third-order valence-corrected chi connectivity index (χ3v) is 12.6. The summed E-state index contributed by atoms with van der Waals surface area (Å²) < 4.78 is 49.6. The van der Waals surface area contributed by atoms with Crippen LogP contribution in [0.4, 0.5) is 56.4 Å². The lowest BCUT2D eigenvalue weighted by atomic mass is 10.1. The molecule has 340 valence electrons. The van der Waals surface area contributed by atoms with E-state index in [1.54, 1.807) is 6.20 Å². The van der Waals surface area contributed by atoms with Crippen molar-refractivity contribution in [3.63, 3.8) is 0 Å². The van der Waals surface area contributed by atoms with Crippen molar-refractivity contribution < 1.29 is 22.0 Å². The van der Waals surface area contributed by atoms with Crippen molar-refractivity contribution >= 4 is 96.3 Å². The fourth-order valence-electron chi connectivity index (χ4n) is 7.94. The van der Waals surface area contributed by atoms with E-state index in [1.165, 1.54) is 13.4 Å². The standard InChI is InChI=1S/C24H27N7O2S.C21H20FN7O2S/c1-14-13-25-24(28-18-8-10-22-21(12-18)26-15(2)31(22)3)29-23(14)27-17-7-5-16-6-9-20(19(16)11-17)30-34(4,32)33;1-12-24-17-5-3-15(10-18(17)25-12)27-21-23-11-16(22)20(28-21)26-14-4-6-19-13(9-14)7-8-29(19)32-31-30-2/h5,7-8,10-13,20,30H,6,9H2,1-4H3,(H2,25,27,28,29);3-6,9-11H,7-8H2,1-2H3,(H,24,25)(H2,23,26,27,28). The molecule has 1 unspecified atom stereocenters. The molecule has 0 bridgehead atoms. The fraction of sp³-hybridized carbons (Fsp3) is 0.244. The molecule has 4 aromatic heterocycles. The van der Waals surface area contributed by atoms with E-state index in [2.05, 4.69) is 70.3 Å². The van der Waals surface area contributed by atoms with Crippen LogP contribution in [-0.4, -0.2) is 67.8 Å². The number of aromatic nitrogens is 8. The first-order chi connectivity index (χ1) is 31.7. The van der Waals surface area contributed by atoms with Gasteiger partial charge in [-0.3, -0.25) is 4.31 Å². The Balaban J connectivity index is 0.000000166. The third kappa shape index (κ3) is 9.99. The van der Waals surface area contributed by atoms with E-state index in [-0.39, 0.29) is 17.8 Å². The molecule has 5 heterocycles. The zero-order valence-electron chi connectivity index (χ0n) is 36.9. The quantitative estimate of drug-likeness (QED) is 0.0276. The molecule has 0 spiro atoms. The van der Waals surface area contributed by atoms with Gasteiger partial charge in [0.1, 0.15) is 17.5 Å². The van der Waals surface area contributed by atoms with Crippen molar-refractivity contribution in [1.29, 1.82) is 0 Å². The second-order valence-electron chi connectivity index (χ2n) is 16.0. The highest BCUT2D eigenvalue weighted by Crippen LogP contribution is 2.37. The van der Waals surface area contributed by atoms with Gasteiger partial charge in [-0.2, -0.15) is 9.97 Å². The fourth-order valence-corrected chi connectivity index (χ4v) is 9.26. The van der Waals surface area contributed by atoms with Crippen LogP contribution in [0.15, 0.2) is 85.2 Å². The average molecular weight is 931 g/mol. The molecule has 21 heteroatoms. The maximum atomic E-state index is 14.4. The maximum Gasteiger partial charge on any atom is 0.229 e. The van der Waals surface area contributed by atoms with Crippen LogP contribution in [0.3, 0.4) is 0 Å². The number of halogens is 1. The van der Waals surface area contributed by atoms with Crippen LogP contribution in [0.1, 0.15) is 46.4 Å². The van der Waals surface area contributed by atoms with E-state index in [4.69, 9.17) is 4.33 Å². The second-order valence-corrected chi connectivity index (χ2v) is 18.5. The van der Waals surface area contributed by atoms with Crippen molar-refractivity contribution in [2.45, 2.75) is 46.1 Å². The number of anilines is 9. The first kappa shape index (κ1) is 44.3. The third-order valence-electron chi connectivity index (χ3n) is 11.2. The number of nitrogens with zero attached hydrogens (tertiary/aromatic N) is 8. The van der Waals surface area contributed by atoms with Gasteiger partial charge >= 0.3 is 0 Å². The lowest BCUT2D eigenvalue weighted by molar-refractivity contribution is -0.160. The van der Waals surface area contributed by atoms with E-state index in [0.717, 1.165) is 129 Å². The van der Waals surface area contributed by atoms with E-state index < -0.39 is 15.8 Å². The number of imidazole rings is 2. The smallest absolute Gasteiger partial charge is 0.229 e. The Hall–Kier alpha value is -6.91. The minimum absolute atomic E-state index is 0.0906. The number of rotatable bonds is 13.